The van der Waals surface area contributed by atoms with E-state index in [1.54, 1.807) is 0 Å². The van der Waals surface area contributed by atoms with Gasteiger partial charge in [-0.1, -0.05) is 36.8 Å². The largest absolute Gasteiger partial charge is 0.381 e. The van der Waals surface area contributed by atoms with Gasteiger partial charge < -0.3 is 14.8 Å². The van der Waals surface area contributed by atoms with Crippen molar-refractivity contribution in [3.63, 3.8) is 0 Å². The molecule has 1 aromatic rings. The highest BCUT2D eigenvalue weighted by atomic mass is 16.5. The van der Waals surface area contributed by atoms with Gasteiger partial charge in [0.25, 0.3) is 0 Å². The van der Waals surface area contributed by atoms with Gasteiger partial charge in [0, 0.05) is 19.1 Å². The molecule has 112 valence electrons. The highest BCUT2D eigenvalue weighted by molar-refractivity contribution is 5.23. The molecule has 2 unspecified atom stereocenters. The van der Waals surface area contributed by atoms with Crippen LogP contribution in [0.15, 0.2) is 24.3 Å². The fourth-order valence-electron chi connectivity index (χ4n) is 2.43. The minimum absolute atomic E-state index is 0.141. The van der Waals surface area contributed by atoms with Crippen molar-refractivity contribution in [2.24, 2.45) is 5.92 Å². The molecule has 1 fully saturated rings. The summed E-state index contributed by atoms with van der Waals surface area (Å²) in [5.41, 5.74) is 2.55. The Morgan fingerprint density at radius 2 is 2.15 bits per heavy atom. The highest BCUT2D eigenvalue weighted by Gasteiger charge is 2.19. The Balaban J connectivity index is 1.90. The van der Waals surface area contributed by atoms with Crippen molar-refractivity contribution in [2.45, 2.75) is 32.8 Å². The van der Waals surface area contributed by atoms with Crippen molar-refractivity contribution in [1.82, 2.24) is 5.32 Å². The maximum atomic E-state index is 6.16. The summed E-state index contributed by atoms with van der Waals surface area (Å²) in [5.74, 6) is 0.564. The Bertz CT molecular complexity index is 371. The molecular weight excluding hydrogens is 250 g/mol. The Labute approximate surface area is 122 Å². The molecule has 1 heterocycles. The lowest BCUT2D eigenvalue weighted by Crippen LogP contribution is -2.25. The molecule has 1 N–H and O–H groups in total. The summed E-state index contributed by atoms with van der Waals surface area (Å²) in [6.07, 6.45) is 2.42. The summed E-state index contributed by atoms with van der Waals surface area (Å²) in [6, 6.07) is 8.67. The zero-order chi connectivity index (χ0) is 14.2. The predicted molar refractivity (Wildman–Crippen MR) is 82.0 cm³/mol. The van der Waals surface area contributed by atoms with Gasteiger partial charge in [0.2, 0.25) is 0 Å². The first-order valence-corrected chi connectivity index (χ1v) is 7.76. The van der Waals surface area contributed by atoms with Gasteiger partial charge in [-0.15, -0.1) is 0 Å². The van der Waals surface area contributed by atoms with Crippen molar-refractivity contribution in [3.8, 4) is 0 Å². The summed E-state index contributed by atoms with van der Waals surface area (Å²) in [5, 5.41) is 3.47. The number of benzene rings is 1. The van der Waals surface area contributed by atoms with Crippen molar-refractivity contribution >= 4 is 0 Å². The third-order valence-electron chi connectivity index (χ3n) is 3.76. The fourth-order valence-corrected chi connectivity index (χ4v) is 2.43. The lowest BCUT2D eigenvalue weighted by atomic mass is 10.1. The highest BCUT2D eigenvalue weighted by Crippen LogP contribution is 2.21. The van der Waals surface area contributed by atoms with E-state index in [4.69, 9.17) is 9.47 Å². The smallest absolute Gasteiger partial charge is 0.0949 e. The summed E-state index contributed by atoms with van der Waals surface area (Å²) < 4.78 is 11.6. The van der Waals surface area contributed by atoms with Gasteiger partial charge in [-0.3, -0.25) is 0 Å². The number of rotatable bonds is 8. The summed E-state index contributed by atoms with van der Waals surface area (Å²) in [6.45, 7) is 8.75. The van der Waals surface area contributed by atoms with Gasteiger partial charge in [0.1, 0.15) is 0 Å². The Morgan fingerprint density at radius 3 is 2.80 bits per heavy atom. The first kappa shape index (κ1) is 15.5. The molecule has 1 saturated heterocycles. The van der Waals surface area contributed by atoms with Crippen LogP contribution in [0.1, 0.15) is 37.0 Å². The van der Waals surface area contributed by atoms with E-state index in [-0.39, 0.29) is 6.10 Å². The number of ether oxygens (including phenoxy) is 2. The van der Waals surface area contributed by atoms with Gasteiger partial charge in [-0.05, 0) is 31.9 Å². The van der Waals surface area contributed by atoms with E-state index in [0.717, 1.165) is 45.8 Å². The van der Waals surface area contributed by atoms with E-state index in [1.165, 1.54) is 11.1 Å². The van der Waals surface area contributed by atoms with Crippen LogP contribution in [0.4, 0.5) is 0 Å². The number of hydrogen-bond acceptors (Lipinski definition) is 3. The molecule has 0 radical (unpaired) electrons. The van der Waals surface area contributed by atoms with Gasteiger partial charge in [-0.25, -0.2) is 0 Å². The van der Waals surface area contributed by atoms with Crippen molar-refractivity contribution < 1.29 is 9.47 Å². The second-order valence-electron chi connectivity index (χ2n) is 5.67. The van der Waals surface area contributed by atoms with Gasteiger partial charge >= 0.3 is 0 Å². The standard InChI is InChI=1S/C17H27NO2/c1-3-9-18-11-17(16-6-4-14(2)5-7-16)20-13-15-8-10-19-12-15/h4-7,15,17-18H,3,8-13H2,1-2H3. The first-order chi connectivity index (χ1) is 9.79. The molecule has 3 heteroatoms. The van der Waals surface area contributed by atoms with Crippen LogP contribution in [0.25, 0.3) is 0 Å². The molecule has 0 bridgehead atoms. The molecule has 1 aliphatic rings. The predicted octanol–water partition coefficient (Wildman–Crippen LogP) is 3.09. The van der Waals surface area contributed by atoms with Crippen LogP contribution in [0.3, 0.4) is 0 Å². The van der Waals surface area contributed by atoms with E-state index in [0.29, 0.717) is 5.92 Å². The van der Waals surface area contributed by atoms with E-state index in [9.17, 15) is 0 Å². The zero-order valence-corrected chi connectivity index (χ0v) is 12.7. The normalized spacial score (nSPS) is 20.2. The molecule has 2 atom stereocenters. The third-order valence-corrected chi connectivity index (χ3v) is 3.76. The second-order valence-corrected chi connectivity index (χ2v) is 5.67. The molecule has 20 heavy (non-hydrogen) atoms. The van der Waals surface area contributed by atoms with Crippen LogP contribution in [-0.4, -0.2) is 32.9 Å². The molecule has 1 aromatic carbocycles. The lowest BCUT2D eigenvalue weighted by molar-refractivity contribution is 0.0255. The summed E-state index contributed by atoms with van der Waals surface area (Å²) in [7, 11) is 0. The molecular formula is C17H27NO2. The molecule has 2 rings (SSSR count). The summed E-state index contributed by atoms with van der Waals surface area (Å²) >= 11 is 0. The fraction of sp³-hybridized carbons (Fsp3) is 0.647. The molecule has 0 spiro atoms. The Kier molecular flexibility index (Phi) is 6.51. The van der Waals surface area contributed by atoms with Crippen LogP contribution in [0.5, 0.6) is 0 Å². The molecule has 0 aromatic heterocycles. The molecule has 3 nitrogen and oxygen atoms in total. The second kappa shape index (κ2) is 8.40. The minimum Gasteiger partial charge on any atom is -0.381 e. The van der Waals surface area contributed by atoms with E-state index >= 15 is 0 Å². The molecule has 0 aliphatic carbocycles. The maximum absolute atomic E-state index is 6.16. The molecule has 0 saturated carbocycles. The average molecular weight is 277 g/mol. The maximum Gasteiger partial charge on any atom is 0.0949 e. The molecule has 1 aliphatic heterocycles. The number of aryl methyl sites for hydroxylation is 1. The Morgan fingerprint density at radius 1 is 1.35 bits per heavy atom. The number of nitrogens with one attached hydrogen (secondary N) is 1. The van der Waals surface area contributed by atoms with Crippen LogP contribution in [0.2, 0.25) is 0 Å². The van der Waals surface area contributed by atoms with Crippen LogP contribution < -0.4 is 5.32 Å². The van der Waals surface area contributed by atoms with E-state index in [1.807, 2.05) is 0 Å². The minimum atomic E-state index is 0.141. The lowest BCUT2D eigenvalue weighted by Gasteiger charge is -2.21. The molecule has 0 amide bonds. The van der Waals surface area contributed by atoms with Crippen molar-refractivity contribution in [3.05, 3.63) is 35.4 Å². The van der Waals surface area contributed by atoms with E-state index < -0.39 is 0 Å². The quantitative estimate of drug-likeness (QED) is 0.741. The van der Waals surface area contributed by atoms with Crippen LogP contribution in [-0.2, 0) is 9.47 Å². The topological polar surface area (TPSA) is 30.5 Å². The summed E-state index contributed by atoms with van der Waals surface area (Å²) in [4.78, 5) is 0. The first-order valence-electron chi connectivity index (χ1n) is 7.76. The van der Waals surface area contributed by atoms with Crippen molar-refractivity contribution in [1.29, 1.82) is 0 Å². The third kappa shape index (κ3) is 4.89. The monoisotopic (exact) mass is 277 g/mol. The van der Waals surface area contributed by atoms with Gasteiger partial charge in [-0.2, -0.15) is 0 Å². The van der Waals surface area contributed by atoms with Gasteiger partial charge in [0.05, 0.1) is 19.3 Å². The SMILES string of the molecule is CCCNCC(OCC1CCOC1)c1ccc(C)cc1. The van der Waals surface area contributed by atoms with Gasteiger partial charge in [0.15, 0.2) is 0 Å². The number of hydrogen-bond donors (Lipinski definition) is 1. The Hall–Kier alpha value is -0.900. The van der Waals surface area contributed by atoms with Crippen LogP contribution >= 0.6 is 0 Å². The zero-order valence-electron chi connectivity index (χ0n) is 12.7. The average Bonchev–Trinajstić information content (AvgIpc) is 2.97. The van der Waals surface area contributed by atoms with Crippen LogP contribution in [0, 0.1) is 12.8 Å². The van der Waals surface area contributed by atoms with Crippen molar-refractivity contribution in [2.75, 3.05) is 32.9 Å². The van der Waals surface area contributed by atoms with E-state index in [2.05, 4.69) is 43.4 Å².